The van der Waals surface area contributed by atoms with Crippen LogP contribution in [0.25, 0.3) is 0 Å². The average Bonchev–Trinajstić information content (AvgIpc) is 2.29. The predicted octanol–water partition coefficient (Wildman–Crippen LogP) is 3.11. The summed E-state index contributed by atoms with van der Waals surface area (Å²) >= 11 is 3.32. The zero-order valence-corrected chi connectivity index (χ0v) is 11.3. The minimum Gasteiger partial charge on any atom is -0.339 e. The number of hydrogen-bond acceptors (Lipinski definition) is 2. The summed E-state index contributed by atoms with van der Waals surface area (Å²) in [5.74, 6) is 0.0600. The van der Waals surface area contributed by atoms with E-state index in [1.54, 1.807) is 12.4 Å². The number of pyridine rings is 1. The summed E-state index contributed by atoms with van der Waals surface area (Å²) in [6, 6.07) is 1.81. The molecular weight excluding hydrogens is 268 g/mol. The topological polar surface area (TPSA) is 33.2 Å². The Bertz CT molecular complexity index is 355. The molecule has 0 saturated carbocycles. The van der Waals surface area contributed by atoms with Gasteiger partial charge in [0.1, 0.15) is 0 Å². The van der Waals surface area contributed by atoms with Crippen LogP contribution in [-0.4, -0.2) is 28.9 Å². The SMILES string of the molecule is CCCCN(CC)C(=O)c1cncc(Br)c1. The molecule has 1 rings (SSSR count). The van der Waals surface area contributed by atoms with E-state index in [1.165, 1.54) is 0 Å². The first-order chi connectivity index (χ1) is 7.69. The minimum absolute atomic E-state index is 0.0600. The predicted molar refractivity (Wildman–Crippen MR) is 68.4 cm³/mol. The lowest BCUT2D eigenvalue weighted by atomic mass is 10.2. The zero-order valence-electron chi connectivity index (χ0n) is 9.74. The Morgan fingerprint density at radius 1 is 1.44 bits per heavy atom. The van der Waals surface area contributed by atoms with Gasteiger partial charge in [-0.1, -0.05) is 13.3 Å². The van der Waals surface area contributed by atoms with Crippen molar-refractivity contribution in [2.75, 3.05) is 13.1 Å². The zero-order chi connectivity index (χ0) is 12.0. The summed E-state index contributed by atoms with van der Waals surface area (Å²) in [4.78, 5) is 18.0. The van der Waals surface area contributed by atoms with Crippen LogP contribution in [0.4, 0.5) is 0 Å². The number of hydrogen-bond donors (Lipinski definition) is 0. The van der Waals surface area contributed by atoms with Crippen LogP contribution in [0.3, 0.4) is 0 Å². The third-order valence-corrected chi connectivity index (χ3v) is 2.84. The highest BCUT2D eigenvalue weighted by molar-refractivity contribution is 9.10. The van der Waals surface area contributed by atoms with Crippen LogP contribution in [0.1, 0.15) is 37.0 Å². The molecule has 0 aliphatic carbocycles. The fourth-order valence-corrected chi connectivity index (χ4v) is 1.83. The first-order valence-electron chi connectivity index (χ1n) is 5.58. The van der Waals surface area contributed by atoms with E-state index in [0.717, 1.165) is 30.4 Å². The number of unbranched alkanes of at least 4 members (excludes halogenated alkanes) is 1. The third-order valence-electron chi connectivity index (χ3n) is 2.40. The summed E-state index contributed by atoms with van der Waals surface area (Å²) in [6.07, 6.45) is 5.43. The van der Waals surface area contributed by atoms with Gasteiger partial charge < -0.3 is 4.90 Å². The average molecular weight is 285 g/mol. The van der Waals surface area contributed by atoms with E-state index in [1.807, 2.05) is 17.9 Å². The second-order valence-corrected chi connectivity index (χ2v) is 4.55. The molecule has 1 aromatic heterocycles. The van der Waals surface area contributed by atoms with Gasteiger partial charge in [0.25, 0.3) is 5.91 Å². The second-order valence-electron chi connectivity index (χ2n) is 3.63. The van der Waals surface area contributed by atoms with Crippen molar-refractivity contribution in [1.29, 1.82) is 0 Å². The standard InChI is InChI=1S/C12H17BrN2O/c1-3-5-6-15(4-2)12(16)10-7-11(13)9-14-8-10/h7-9H,3-6H2,1-2H3. The van der Waals surface area contributed by atoms with Crippen molar-refractivity contribution in [3.05, 3.63) is 28.5 Å². The molecule has 0 N–H and O–H groups in total. The Morgan fingerprint density at radius 2 is 2.19 bits per heavy atom. The van der Waals surface area contributed by atoms with Gasteiger partial charge in [0.05, 0.1) is 5.56 Å². The molecule has 1 heterocycles. The van der Waals surface area contributed by atoms with Crippen molar-refractivity contribution in [2.45, 2.75) is 26.7 Å². The molecule has 1 aromatic rings. The van der Waals surface area contributed by atoms with E-state index in [0.29, 0.717) is 5.56 Å². The number of halogens is 1. The Hall–Kier alpha value is -0.900. The number of aromatic nitrogens is 1. The largest absolute Gasteiger partial charge is 0.339 e. The van der Waals surface area contributed by atoms with Crippen molar-refractivity contribution in [3.8, 4) is 0 Å². The Balaban J connectivity index is 2.74. The van der Waals surface area contributed by atoms with Gasteiger partial charge in [-0.15, -0.1) is 0 Å². The third kappa shape index (κ3) is 3.59. The molecule has 0 aliphatic rings. The summed E-state index contributed by atoms with van der Waals surface area (Å²) in [5, 5.41) is 0. The van der Waals surface area contributed by atoms with Crippen LogP contribution in [0.15, 0.2) is 22.9 Å². The fourth-order valence-electron chi connectivity index (χ4n) is 1.46. The Labute approximate surface area is 105 Å². The van der Waals surface area contributed by atoms with Crippen LogP contribution in [0.5, 0.6) is 0 Å². The number of carbonyl (C=O) groups is 1. The molecule has 0 aliphatic heterocycles. The van der Waals surface area contributed by atoms with E-state index in [4.69, 9.17) is 0 Å². The lowest BCUT2D eigenvalue weighted by molar-refractivity contribution is 0.0762. The van der Waals surface area contributed by atoms with Gasteiger partial charge in [0.2, 0.25) is 0 Å². The van der Waals surface area contributed by atoms with E-state index >= 15 is 0 Å². The van der Waals surface area contributed by atoms with Gasteiger partial charge in [0, 0.05) is 30.0 Å². The van der Waals surface area contributed by atoms with Gasteiger partial charge in [-0.3, -0.25) is 9.78 Å². The van der Waals surface area contributed by atoms with Crippen molar-refractivity contribution < 1.29 is 4.79 Å². The molecule has 16 heavy (non-hydrogen) atoms. The molecule has 0 atom stereocenters. The van der Waals surface area contributed by atoms with Gasteiger partial charge in [-0.2, -0.15) is 0 Å². The second kappa shape index (κ2) is 6.63. The van der Waals surface area contributed by atoms with Gasteiger partial charge in [0.15, 0.2) is 0 Å². The molecular formula is C12H17BrN2O. The molecule has 0 fully saturated rings. The van der Waals surface area contributed by atoms with E-state index < -0.39 is 0 Å². The molecule has 0 aromatic carbocycles. The lowest BCUT2D eigenvalue weighted by Gasteiger charge is -2.20. The summed E-state index contributed by atoms with van der Waals surface area (Å²) in [7, 11) is 0. The van der Waals surface area contributed by atoms with Crippen LogP contribution >= 0.6 is 15.9 Å². The van der Waals surface area contributed by atoms with Crippen molar-refractivity contribution in [3.63, 3.8) is 0 Å². The maximum atomic E-state index is 12.1. The first kappa shape index (κ1) is 13.2. The van der Waals surface area contributed by atoms with Crippen molar-refractivity contribution >= 4 is 21.8 Å². The van der Waals surface area contributed by atoms with Crippen molar-refractivity contribution in [1.82, 2.24) is 9.88 Å². The van der Waals surface area contributed by atoms with E-state index in [2.05, 4.69) is 27.8 Å². The van der Waals surface area contributed by atoms with Crippen LogP contribution in [0, 0.1) is 0 Å². The van der Waals surface area contributed by atoms with Crippen LogP contribution in [-0.2, 0) is 0 Å². The molecule has 3 nitrogen and oxygen atoms in total. The highest BCUT2D eigenvalue weighted by Gasteiger charge is 2.13. The number of carbonyl (C=O) groups excluding carboxylic acids is 1. The molecule has 0 radical (unpaired) electrons. The normalized spacial score (nSPS) is 10.2. The summed E-state index contributed by atoms with van der Waals surface area (Å²) < 4.78 is 0.838. The lowest BCUT2D eigenvalue weighted by Crippen LogP contribution is -2.31. The van der Waals surface area contributed by atoms with Crippen LogP contribution < -0.4 is 0 Å². The molecule has 88 valence electrons. The fraction of sp³-hybridized carbons (Fsp3) is 0.500. The molecule has 0 spiro atoms. The Kier molecular flexibility index (Phi) is 5.46. The highest BCUT2D eigenvalue weighted by atomic mass is 79.9. The van der Waals surface area contributed by atoms with Crippen LogP contribution in [0.2, 0.25) is 0 Å². The molecule has 1 amide bonds. The van der Waals surface area contributed by atoms with Gasteiger partial charge >= 0.3 is 0 Å². The van der Waals surface area contributed by atoms with E-state index in [9.17, 15) is 4.79 Å². The molecule has 0 bridgehead atoms. The van der Waals surface area contributed by atoms with Gasteiger partial charge in [-0.25, -0.2) is 0 Å². The first-order valence-corrected chi connectivity index (χ1v) is 6.38. The van der Waals surface area contributed by atoms with Crippen molar-refractivity contribution in [2.24, 2.45) is 0 Å². The quantitative estimate of drug-likeness (QED) is 0.832. The summed E-state index contributed by atoms with van der Waals surface area (Å²) in [5.41, 5.74) is 0.646. The maximum absolute atomic E-state index is 12.1. The molecule has 0 saturated heterocycles. The molecule has 0 unspecified atom stereocenters. The number of amides is 1. The van der Waals surface area contributed by atoms with E-state index in [-0.39, 0.29) is 5.91 Å². The monoisotopic (exact) mass is 284 g/mol. The smallest absolute Gasteiger partial charge is 0.255 e. The number of rotatable bonds is 5. The summed E-state index contributed by atoms with van der Waals surface area (Å²) in [6.45, 7) is 5.68. The Morgan fingerprint density at radius 3 is 2.75 bits per heavy atom. The minimum atomic E-state index is 0.0600. The number of nitrogens with zero attached hydrogens (tertiary/aromatic N) is 2. The van der Waals surface area contributed by atoms with Gasteiger partial charge in [-0.05, 0) is 35.3 Å². The molecule has 4 heteroatoms. The highest BCUT2D eigenvalue weighted by Crippen LogP contribution is 2.12. The maximum Gasteiger partial charge on any atom is 0.255 e.